The van der Waals surface area contributed by atoms with Crippen molar-refractivity contribution in [2.45, 2.75) is 77.5 Å². The van der Waals surface area contributed by atoms with Gasteiger partial charge in [0.15, 0.2) is 0 Å². The van der Waals surface area contributed by atoms with Crippen molar-refractivity contribution >= 4 is 35.5 Å². The Hall–Kier alpha value is -3.22. The molecule has 13 nitrogen and oxygen atoms in total. The SMILES string of the molecule is CCC(C)C(NC(=O)C(N)CC(N)=O)C(=O)NC(C(=O)NC(CCC(N)=O)C(=O)O)C(C)C. The van der Waals surface area contributed by atoms with Crippen LogP contribution in [0.4, 0.5) is 0 Å². The number of carboxylic acid groups (broad SMARTS) is 1. The van der Waals surface area contributed by atoms with Gasteiger partial charge in [0.2, 0.25) is 29.5 Å². The molecule has 0 saturated heterocycles. The van der Waals surface area contributed by atoms with Gasteiger partial charge in [-0.15, -0.1) is 0 Å². The van der Waals surface area contributed by atoms with E-state index >= 15 is 0 Å². The normalized spacial score (nSPS) is 15.5. The van der Waals surface area contributed by atoms with Gasteiger partial charge in [-0.05, 0) is 18.3 Å². The van der Waals surface area contributed by atoms with Gasteiger partial charge in [-0.1, -0.05) is 34.1 Å². The molecule has 0 bridgehead atoms. The van der Waals surface area contributed by atoms with Crippen LogP contribution in [0.15, 0.2) is 0 Å². The van der Waals surface area contributed by atoms with Crippen molar-refractivity contribution < 1.29 is 33.9 Å². The summed E-state index contributed by atoms with van der Waals surface area (Å²) in [5, 5.41) is 16.6. The summed E-state index contributed by atoms with van der Waals surface area (Å²) < 4.78 is 0. The first kappa shape index (κ1) is 29.8. The molecule has 33 heavy (non-hydrogen) atoms. The van der Waals surface area contributed by atoms with Gasteiger partial charge in [0.1, 0.15) is 18.1 Å². The van der Waals surface area contributed by atoms with E-state index in [1.807, 2.05) is 0 Å². The molecule has 0 aromatic carbocycles. The van der Waals surface area contributed by atoms with Crippen molar-refractivity contribution in [3.05, 3.63) is 0 Å². The van der Waals surface area contributed by atoms with Crippen molar-refractivity contribution in [3.8, 4) is 0 Å². The predicted molar refractivity (Wildman–Crippen MR) is 118 cm³/mol. The van der Waals surface area contributed by atoms with Crippen LogP contribution in [0.2, 0.25) is 0 Å². The first-order chi connectivity index (χ1) is 15.2. The van der Waals surface area contributed by atoms with E-state index in [2.05, 4.69) is 16.0 Å². The summed E-state index contributed by atoms with van der Waals surface area (Å²) in [6.07, 6.45) is -0.363. The number of aliphatic carboxylic acids is 1. The summed E-state index contributed by atoms with van der Waals surface area (Å²) in [5.41, 5.74) is 15.7. The van der Waals surface area contributed by atoms with Crippen LogP contribution in [0.25, 0.3) is 0 Å². The van der Waals surface area contributed by atoms with Crippen LogP contribution >= 0.6 is 0 Å². The Morgan fingerprint density at radius 3 is 1.76 bits per heavy atom. The highest BCUT2D eigenvalue weighted by molar-refractivity contribution is 5.95. The molecule has 0 aliphatic heterocycles. The first-order valence-corrected chi connectivity index (χ1v) is 10.7. The second-order valence-electron chi connectivity index (χ2n) is 8.28. The number of carboxylic acids is 1. The third-order valence-corrected chi connectivity index (χ3v) is 5.09. The van der Waals surface area contributed by atoms with Crippen molar-refractivity contribution in [1.29, 1.82) is 0 Å². The van der Waals surface area contributed by atoms with E-state index in [-0.39, 0.29) is 18.8 Å². The number of carbonyl (C=O) groups is 6. The number of nitrogens with two attached hydrogens (primary N) is 3. The number of nitrogens with one attached hydrogen (secondary N) is 3. The molecule has 0 aliphatic carbocycles. The lowest BCUT2D eigenvalue weighted by atomic mass is 9.96. The van der Waals surface area contributed by atoms with Crippen LogP contribution in [-0.4, -0.2) is 64.8 Å². The average molecular weight is 473 g/mol. The van der Waals surface area contributed by atoms with Crippen molar-refractivity contribution in [2.75, 3.05) is 0 Å². The Morgan fingerprint density at radius 1 is 0.818 bits per heavy atom. The molecule has 0 radical (unpaired) electrons. The molecule has 10 N–H and O–H groups in total. The van der Waals surface area contributed by atoms with Gasteiger partial charge in [-0.3, -0.25) is 24.0 Å². The lowest BCUT2D eigenvalue weighted by Gasteiger charge is -2.29. The molecule has 0 aromatic heterocycles. The monoisotopic (exact) mass is 472 g/mol. The third kappa shape index (κ3) is 10.8. The number of hydrogen-bond acceptors (Lipinski definition) is 7. The molecule has 5 atom stereocenters. The largest absolute Gasteiger partial charge is 0.480 e. The molecule has 0 aromatic rings. The zero-order valence-corrected chi connectivity index (χ0v) is 19.4. The predicted octanol–water partition coefficient (Wildman–Crippen LogP) is -2.30. The van der Waals surface area contributed by atoms with E-state index in [1.165, 1.54) is 0 Å². The van der Waals surface area contributed by atoms with E-state index in [9.17, 15) is 33.9 Å². The first-order valence-electron chi connectivity index (χ1n) is 10.7. The van der Waals surface area contributed by atoms with Gasteiger partial charge < -0.3 is 38.3 Å². The highest BCUT2D eigenvalue weighted by Gasteiger charge is 2.33. The Morgan fingerprint density at radius 2 is 1.33 bits per heavy atom. The minimum absolute atomic E-state index is 0.210. The third-order valence-electron chi connectivity index (χ3n) is 5.09. The zero-order valence-electron chi connectivity index (χ0n) is 19.4. The standard InChI is InChI=1S/C20H36N6O7/c1-5-10(4)16(26-17(29)11(21)8-14(23)28)19(31)25-15(9(2)3)18(30)24-12(20(32)33)6-7-13(22)27/h9-12,15-16H,5-8,21H2,1-4H3,(H2,22,27)(H2,23,28)(H,24,30)(H,25,31)(H,26,29)(H,32,33). The minimum Gasteiger partial charge on any atom is -0.480 e. The van der Waals surface area contributed by atoms with Crippen LogP contribution in [0.3, 0.4) is 0 Å². The quantitative estimate of drug-likeness (QED) is 0.136. The maximum Gasteiger partial charge on any atom is 0.326 e. The number of amides is 5. The molecule has 0 fully saturated rings. The molecule has 5 unspecified atom stereocenters. The second-order valence-corrected chi connectivity index (χ2v) is 8.28. The molecule has 0 rings (SSSR count). The Kier molecular flexibility index (Phi) is 12.7. The maximum absolute atomic E-state index is 13.0. The Labute approximate surface area is 192 Å². The van der Waals surface area contributed by atoms with E-state index in [4.69, 9.17) is 17.2 Å². The van der Waals surface area contributed by atoms with Crippen LogP contribution in [-0.2, 0) is 28.8 Å². The van der Waals surface area contributed by atoms with Crippen LogP contribution in [0.5, 0.6) is 0 Å². The number of hydrogen-bond donors (Lipinski definition) is 7. The fraction of sp³-hybridized carbons (Fsp3) is 0.700. The topological polar surface area (TPSA) is 237 Å². The van der Waals surface area contributed by atoms with Crippen LogP contribution < -0.4 is 33.2 Å². The molecule has 0 saturated carbocycles. The van der Waals surface area contributed by atoms with Gasteiger partial charge in [0.05, 0.1) is 12.5 Å². The van der Waals surface area contributed by atoms with Crippen LogP contribution in [0, 0.1) is 11.8 Å². The summed E-state index contributed by atoms with van der Waals surface area (Å²) in [4.78, 5) is 71.4. The van der Waals surface area contributed by atoms with Gasteiger partial charge in [0.25, 0.3) is 0 Å². The van der Waals surface area contributed by atoms with Crippen LogP contribution in [0.1, 0.15) is 53.4 Å². The smallest absolute Gasteiger partial charge is 0.326 e. The van der Waals surface area contributed by atoms with E-state index in [0.717, 1.165) is 0 Å². The lowest BCUT2D eigenvalue weighted by Crippen LogP contribution is -2.60. The zero-order chi connectivity index (χ0) is 25.9. The molecule has 0 aliphatic rings. The van der Waals surface area contributed by atoms with E-state index in [1.54, 1.807) is 27.7 Å². The highest BCUT2D eigenvalue weighted by Crippen LogP contribution is 2.11. The molecule has 0 heterocycles. The van der Waals surface area contributed by atoms with Crippen molar-refractivity contribution in [3.63, 3.8) is 0 Å². The molecule has 188 valence electrons. The molecule has 0 spiro atoms. The summed E-state index contributed by atoms with van der Waals surface area (Å²) in [6.45, 7) is 6.79. The molecule has 5 amide bonds. The lowest BCUT2D eigenvalue weighted by molar-refractivity contribution is -0.143. The molecular weight excluding hydrogens is 436 g/mol. The van der Waals surface area contributed by atoms with Gasteiger partial charge in [-0.25, -0.2) is 4.79 Å². The Bertz CT molecular complexity index is 742. The highest BCUT2D eigenvalue weighted by atomic mass is 16.4. The number of primary amides is 2. The van der Waals surface area contributed by atoms with Gasteiger partial charge in [-0.2, -0.15) is 0 Å². The summed E-state index contributed by atoms with van der Waals surface area (Å²) in [6, 6.07) is -4.82. The van der Waals surface area contributed by atoms with Gasteiger partial charge >= 0.3 is 5.97 Å². The Balaban J connectivity index is 5.48. The fourth-order valence-electron chi connectivity index (χ4n) is 2.86. The number of carbonyl (C=O) groups excluding carboxylic acids is 5. The maximum atomic E-state index is 13.0. The van der Waals surface area contributed by atoms with Crippen molar-refractivity contribution in [1.82, 2.24) is 16.0 Å². The van der Waals surface area contributed by atoms with Gasteiger partial charge in [0, 0.05) is 6.42 Å². The van der Waals surface area contributed by atoms with Crippen molar-refractivity contribution in [2.24, 2.45) is 29.0 Å². The summed E-state index contributed by atoms with van der Waals surface area (Å²) in [7, 11) is 0. The summed E-state index contributed by atoms with van der Waals surface area (Å²) >= 11 is 0. The van der Waals surface area contributed by atoms with E-state index in [0.29, 0.717) is 6.42 Å². The number of rotatable bonds is 15. The minimum atomic E-state index is -1.37. The molecular formula is C20H36N6O7. The fourth-order valence-corrected chi connectivity index (χ4v) is 2.86. The second kappa shape index (κ2) is 14.0. The molecule has 13 heteroatoms. The average Bonchev–Trinajstić information content (AvgIpc) is 2.70. The van der Waals surface area contributed by atoms with E-state index < -0.39 is 72.0 Å². The summed E-state index contributed by atoms with van der Waals surface area (Å²) in [5.74, 6) is -5.84.